The summed E-state index contributed by atoms with van der Waals surface area (Å²) in [5, 5.41) is 0.784. The highest BCUT2D eigenvalue weighted by atomic mass is 35.5. The number of hydrogen-bond donors (Lipinski definition) is 0. The van der Waals surface area contributed by atoms with Crippen molar-refractivity contribution in [2.24, 2.45) is 0 Å². The molecular weight excluding hydrogens is 323 g/mol. The van der Waals surface area contributed by atoms with Crippen LogP contribution in [0.15, 0.2) is 48.5 Å². The third kappa shape index (κ3) is 3.97. The van der Waals surface area contributed by atoms with Crippen molar-refractivity contribution >= 4 is 41.0 Å². The lowest BCUT2D eigenvalue weighted by atomic mass is 10.1. The first-order valence-corrected chi connectivity index (χ1v) is 7.12. The smallest absolute Gasteiger partial charge is 0.337 e. The molecule has 0 N–H and O–H groups in total. The maximum Gasteiger partial charge on any atom is 0.337 e. The summed E-state index contributed by atoms with van der Waals surface area (Å²) in [5.41, 5.74) is 1.62. The zero-order valence-corrected chi connectivity index (χ0v) is 13.2. The summed E-state index contributed by atoms with van der Waals surface area (Å²) in [4.78, 5) is 23.4. The topological polar surface area (TPSA) is 43.4 Å². The molecule has 0 aromatic heterocycles. The van der Waals surface area contributed by atoms with Gasteiger partial charge in [0.1, 0.15) is 0 Å². The van der Waals surface area contributed by atoms with Crippen molar-refractivity contribution in [1.82, 2.24) is 0 Å². The van der Waals surface area contributed by atoms with Gasteiger partial charge < -0.3 is 4.74 Å². The summed E-state index contributed by atoms with van der Waals surface area (Å²) >= 11 is 11.8. The lowest BCUT2D eigenvalue weighted by Crippen LogP contribution is -2.00. The lowest BCUT2D eigenvalue weighted by molar-refractivity contribution is 0.0600. The molecule has 22 heavy (non-hydrogen) atoms. The predicted octanol–water partition coefficient (Wildman–Crippen LogP) is 4.68. The van der Waals surface area contributed by atoms with Gasteiger partial charge in [-0.3, -0.25) is 4.79 Å². The largest absolute Gasteiger partial charge is 0.465 e. The summed E-state index contributed by atoms with van der Waals surface area (Å²) in [6, 6.07) is 11.4. The Morgan fingerprint density at radius 2 is 1.73 bits per heavy atom. The van der Waals surface area contributed by atoms with Crippen molar-refractivity contribution in [2.75, 3.05) is 7.11 Å². The Kier molecular flexibility index (Phi) is 5.36. The second-order valence-electron chi connectivity index (χ2n) is 4.44. The van der Waals surface area contributed by atoms with Gasteiger partial charge in [0.05, 0.1) is 17.7 Å². The molecule has 0 heterocycles. The van der Waals surface area contributed by atoms with Gasteiger partial charge >= 0.3 is 5.97 Å². The first kappa shape index (κ1) is 16.3. The number of esters is 1. The standard InChI is InChI=1S/C17H12Cl2O3/c1-22-17(21)12-5-2-11(3-6-12)4-9-16(20)14-8-7-13(18)10-15(14)19/h2-10H,1H3. The van der Waals surface area contributed by atoms with E-state index in [4.69, 9.17) is 23.2 Å². The molecule has 0 radical (unpaired) electrons. The molecule has 0 bridgehead atoms. The predicted molar refractivity (Wildman–Crippen MR) is 87.6 cm³/mol. The molecule has 2 rings (SSSR count). The number of ketones is 1. The summed E-state index contributed by atoms with van der Waals surface area (Å²) in [5.74, 6) is -0.627. The number of methoxy groups -OCH3 is 1. The number of carbonyl (C=O) groups is 2. The van der Waals surface area contributed by atoms with E-state index in [1.807, 2.05) is 0 Å². The number of benzene rings is 2. The summed E-state index contributed by atoms with van der Waals surface area (Å²) in [6.45, 7) is 0. The highest BCUT2D eigenvalue weighted by Gasteiger charge is 2.08. The second kappa shape index (κ2) is 7.25. The van der Waals surface area contributed by atoms with Gasteiger partial charge in [0.15, 0.2) is 5.78 Å². The van der Waals surface area contributed by atoms with Crippen molar-refractivity contribution in [3.63, 3.8) is 0 Å². The Morgan fingerprint density at radius 3 is 2.32 bits per heavy atom. The van der Waals surface area contributed by atoms with Crippen molar-refractivity contribution in [2.45, 2.75) is 0 Å². The van der Waals surface area contributed by atoms with Crippen molar-refractivity contribution in [1.29, 1.82) is 0 Å². The molecule has 0 aliphatic rings. The quantitative estimate of drug-likeness (QED) is 0.463. The Balaban J connectivity index is 2.14. The lowest BCUT2D eigenvalue weighted by Gasteiger charge is -2.01. The van der Waals surface area contributed by atoms with Crippen LogP contribution in [0.2, 0.25) is 10.0 Å². The average molecular weight is 335 g/mol. The molecule has 0 atom stereocenters. The highest BCUT2D eigenvalue weighted by Crippen LogP contribution is 2.22. The van der Waals surface area contributed by atoms with Crippen LogP contribution in [-0.2, 0) is 4.74 Å². The molecule has 5 heteroatoms. The van der Waals surface area contributed by atoms with E-state index >= 15 is 0 Å². The number of halogens is 2. The molecule has 0 unspecified atom stereocenters. The third-order valence-corrected chi connectivity index (χ3v) is 3.50. The maximum absolute atomic E-state index is 12.1. The molecule has 112 valence electrons. The molecule has 0 spiro atoms. The van der Waals surface area contributed by atoms with Crippen molar-refractivity contribution in [3.05, 3.63) is 75.3 Å². The van der Waals surface area contributed by atoms with Crippen LogP contribution in [0.25, 0.3) is 6.08 Å². The number of allylic oxidation sites excluding steroid dienone is 1. The van der Waals surface area contributed by atoms with E-state index < -0.39 is 5.97 Å². The number of rotatable bonds is 4. The van der Waals surface area contributed by atoms with Gasteiger partial charge in [-0.15, -0.1) is 0 Å². The average Bonchev–Trinajstić information content (AvgIpc) is 2.52. The van der Waals surface area contributed by atoms with Crippen LogP contribution in [0, 0.1) is 0 Å². The number of ether oxygens (including phenoxy) is 1. The monoisotopic (exact) mass is 334 g/mol. The molecule has 3 nitrogen and oxygen atoms in total. The Bertz CT molecular complexity index is 734. The van der Waals surface area contributed by atoms with Crippen molar-refractivity contribution < 1.29 is 14.3 Å². The Hall–Kier alpha value is -2.10. The first-order valence-electron chi connectivity index (χ1n) is 6.37. The maximum atomic E-state index is 12.1. The molecular formula is C17H12Cl2O3. The van der Waals surface area contributed by atoms with E-state index in [-0.39, 0.29) is 5.78 Å². The fraction of sp³-hybridized carbons (Fsp3) is 0.0588. The van der Waals surface area contributed by atoms with Crippen LogP contribution < -0.4 is 0 Å². The summed E-state index contributed by atoms with van der Waals surface area (Å²) < 4.78 is 4.62. The van der Waals surface area contributed by atoms with Crippen molar-refractivity contribution in [3.8, 4) is 0 Å². The van der Waals surface area contributed by atoms with Gasteiger partial charge in [-0.2, -0.15) is 0 Å². The highest BCUT2D eigenvalue weighted by molar-refractivity contribution is 6.37. The fourth-order valence-corrected chi connectivity index (χ4v) is 2.30. The minimum atomic E-state index is -0.403. The molecule has 0 amide bonds. The summed E-state index contributed by atoms with van der Waals surface area (Å²) in [7, 11) is 1.32. The number of carbonyl (C=O) groups excluding carboxylic acids is 2. The normalized spacial score (nSPS) is 10.7. The van der Waals surface area contributed by atoms with E-state index in [0.29, 0.717) is 21.2 Å². The van der Waals surface area contributed by atoms with E-state index in [9.17, 15) is 9.59 Å². The first-order chi connectivity index (χ1) is 10.5. The van der Waals surface area contributed by atoms with Gasteiger partial charge in [0, 0.05) is 10.6 Å². The van der Waals surface area contributed by atoms with Crippen LogP contribution in [0.3, 0.4) is 0 Å². The Morgan fingerprint density at radius 1 is 1.05 bits per heavy atom. The van der Waals surface area contributed by atoms with Gasteiger partial charge in [-0.1, -0.05) is 41.4 Å². The van der Waals surface area contributed by atoms with E-state index in [1.165, 1.54) is 19.3 Å². The third-order valence-electron chi connectivity index (χ3n) is 2.96. The van der Waals surface area contributed by atoms with Crippen LogP contribution >= 0.6 is 23.2 Å². The Labute approximate surface area is 138 Å². The molecule has 0 aliphatic heterocycles. The van der Waals surface area contributed by atoms with E-state index in [2.05, 4.69) is 4.74 Å². The van der Waals surface area contributed by atoms with E-state index in [1.54, 1.807) is 42.5 Å². The molecule has 2 aromatic rings. The zero-order chi connectivity index (χ0) is 16.1. The molecule has 2 aromatic carbocycles. The van der Waals surface area contributed by atoms with Gasteiger partial charge in [0.25, 0.3) is 0 Å². The van der Waals surface area contributed by atoms with Gasteiger partial charge in [-0.25, -0.2) is 4.79 Å². The minimum absolute atomic E-state index is 0.223. The zero-order valence-electron chi connectivity index (χ0n) is 11.7. The van der Waals surface area contributed by atoms with Gasteiger partial charge in [0.2, 0.25) is 0 Å². The van der Waals surface area contributed by atoms with Crippen LogP contribution in [0.1, 0.15) is 26.3 Å². The SMILES string of the molecule is COC(=O)c1ccc(C=CC(=O)c2ccc(Cl)cc2Cl)cc1. The fourth-order valence-electron chi connectivity index (χ4n) is 1.80. The molecule has 0 saturated heterocycles. The molecule has 0 fully saturated rings. The van der Waals surface area contributed by atoms with Gasteiger partial charge in [-0.05, 0) is 42.0 Å². The van der Waals surface area contributed by atoms with Crippen LogP contribution in [0.4, 0.5) is 0 Å². The van der Waals surface area contributed by atoms with Crippen LogP contribution in [-0.4, -0.2) is 18.9 Å². The molecule has 0 aliphatic carbocycles. The molecule has 0 saturated carbocycles. The van der Waals surface area contributed by atoms with Crippen LogP contribution in [0.5, 0.6) is 0 Å². The number of hydrogen-bond acceptors (Lipinski definition) is 3. The minimum Gasteiger partial charge on any atom is -0.465 e. The summed E-state index contributed by atoms with van der Waals surface area (Å²) in [6.07, 6.45) is 3.07. The second-order valence-corrected chi connectivity index (χ2v) is 5.28. The van der Waals surface area contributed by atoms with E-state index in [0.717, 1.165) is 5.56 Å².